The van der Waals surface area contributed by atoms with Crippen molar-refractivity contribution in [2.75, 3.05) is 7.11 Å². The fourth-order valence-corrected chi connectivity index (χ4v) is 1.94. The second-order valence-corrected chi connectivity index (χ2v) is 4.52. The minimum atomic E-state index is -0.880. The van der Waals surface area contributed by atoms with Crippen molar-refractivity contribution in [1.29, 1.82) is 0 Å². The summed E-state index contributed by atoms with van der Waals surface area (Å²) in [6.07, 6.45) is 5.46. The Morgan fingerprint density at radius 2 is 2.22 bits per heavy atom. The van der Waals surface area contributed by atoms with Crippen molar-refractivity contribution < 1.29 is 14.6 Å². The minimum Gasteiger partial charge on any atom is -0.496 e. The van der Waals surface area contributed by atoms with Crippen LogP contribution >= 0.6 is 0 Å². The van der Waals surface area contributed by atoms with E-state index in [1.54, 1.807) is 13.2 Å². The Kier molecular flexibility index (Phi) is 3.72. The van der Waals surface area contributed by atoms with Gasteiger partial charge in [0.2, 0.25) is 6.29 Å². The van der Waals surface area contributed by atoms with Crippen molar-refractivity contribution in [3.63, 3.8) is 0 Å². The SMILES string of the molecule is COc1ccc2c(c1CC=C(C)C)OC(O)C=C2. The van der Waals surface area contributed by atoms with E-state index in [9.17, 15) is 5.11 Å². The summed E-state index contributed by atoms with van der Waals surface area (Å²) < 4.78 is 10.9. The van der Waals surface area contributed by atoms with Crippen molar-refractivity contribution in [1.82, 2.24) is 0 Å². The Balaban J connectivity index is 2.47. The van der Waals surface area contributed by atoms with Gasteiger partial charge in [-0.2, -0.15) is 0 Å². The Morgan fingerprint density at radius 1 is 1.44 bits per heavy atom. The normalized spacial score (nSPS) is 16.8. The fourth-order valence-electron chi connectivity index (χ4n) is 1.94. The first-order valence-electron chi connectivity index (χ1n) is 5.98. The van der Waals surface area contributed by atoms with E-state index in [0.717, 1.165) is 23.3 Å². The van der Waals surface area contributed by atoms with Gasteiger partial charge in [-0.25, -0.2) is 0 Å². The lowest BCUT2D eigenvalue weighted by Crippen LogP contribution is -2.17. The van der Waals surface area contributed by atoms with Gasteiger partial charge in [-0.1, -0.05) is 11.6 Å². The van der Waals surface area contributed by atoms with Crippen molar-refractivity contribution in [3.05, 3.63) is 41.0 Å². The van der Waals surface area contributed by atoms with Gasteiger partial charge < -0.3 is 14.6 Å². The molecule has 2 rings (SSSR count). The Labute approximate surface area is 107 Å². The summed E-state index contributed by atoms with van der Waals surface area (Å²) in [4.78, 5) is 0. The van der Waals surface area contributed by atoms with E-state index in [0.29, 0.717) is 5.75 Å². The lowest BCUT2D eigenvalue weighted by Gasteiger charge is -2.21. The van der Waals surface area contributed by atoms with Gasteiger partial charge in [0.1, 0.15) is 11.5 Å². The van der Waals surface area contributed by atoms with Crippen LogP contribution in [0.1, 0.15) is 25.0 Å². The maximum absolute atomic E-state index is 9.56. The zero-order chi connectivity index (χ0) is 13.1. The van der Waals surface area contributed by atoms with Crippen LogP contribution in [0.25, 0.3) is 6.08 Å². The highest BCUT2D eigenvalue weighted by atomic mass is 16.6. The van der Waals surface area contributed by atoms with E-state index in [1.807, 2.05) is 18.2 Å². The second kappa shape index (κ2) is 5.27. The van der Waals surface area contributed by atoms with Crippen LogP contribution in [-0.2, 0) is 6.42 Å². The molecule has 3 nitrogen and oxygen atoms in total. The first-order chi connectivity index (χ1) is 8.61. The minimum absolute atomic E-state index is 0.710. The maximum atomic E-state index is 9.56. The summed E-state index contributed by atoms with van der Waals surface area (Å²) in [5, 5.41) is 9.56. The van der Waals surface area contributed by atoms with Gasteiger partial charge in [-0.15, -0.1) is 0 Å². The number of aliphatic hydroxyl groups excluding tert-OH is 1. The molecule has 1 aliphatic heterocycles. The topological polar surface area (TPSA) is 38.7 Å². The average Bonchev–Trinajstić information content (AvgIpc) is 2.35. The van der Waals surface area contributed by atoms with Gasteiger partial charge in [0.25, 0.3) is 0 Å². The van der Waals surface area contributed by atoms with E-state index in [4.69, 9.17) is 9.47 Å². The number of ether oxygens (including phenoxy) is 2. The molecule has 1 heterocycles. The van der Waals surface area contributed by atoms with E-state index in [-0.39, 0.29) is 0 Å². The molecule has 1 aromatic rings. The van der Waals surface area contributed by atoms with E-state index >= 15 is 0 Å². The first kappa shape index (κ1) is 12.7. The quantitative estimate of drug-likeness (QED) is 0.833. The molecule has 1 atom stereocenters. The molecule has 0 saturated carbocycles. The zero-order valence-corrected chi connectivity index (χ0v) is 10.9. The van der Waals surface area contributed by atoms with Crippen LogP contribution in [0.2, 0.25) is 0 Å². The van der Waals surface area contributed by atoms with Gasteiger partial charge in [0.05, 0.1) is 7.11 Å². The predicted octanol–water partition coefficient (Wildman–Crippen LogP) is 2.93. The molecule has 0 saturated heterocycles. The summed E-state index contributed by atoms with van der Waals surface area (Å²) in [7, 11) is 1.64. The van der Waals surface area contributed by atoms with Gasteiger partial charge in [0, 0.05) is 11.1 Å². The van der Waals surface area contributed by atoms with Crippen molar-refractivity contribution in [3.8, 4) is 11.5 Å². The number of hydrogen-bond acceptors (Lipinski definition) is 3. The first-order valence-corrected chi connectivity index (χ1v) is 5.98. The molecule has 0 radical (unpaired) electrons. The summed E-state index contributed by atoms with van der Waals surface area (Å²) >= 11 is 0. The summed E-state index contributed by atoms with van der Waals surface area (Å²) in [6, 6.07) is 3.86. The molecule has 0 spiro atoms. The van der Waals surface area contributed by atoms with Gasteiger partial charge in [-0.05, 0) is 44.6 Å². The number of rotatable bonds is 3. The molecular weight excluding hydrogens is 228 g/mol. The molecule has 0 aromatic heterocycles. The summed E-state index contributed by atoms with van der Waals surface area (Å²) in [6.45, 7) is 4.11. The van der Waals surface area contributed by atoms with Crippen LogP contribution in [-0.4, -0.2) is 18.5 Å². The molecule has 1 aliphatic rings. The number of benzene rings is 1. The number of fused-ring (bicyclic) bond motifs is 1. The van der Waals surface area contributed by atoms with E-state index in [1.165, 1.54) is 5.57 Å². The number of allylic oxidation sites excluding steroid dienone is 2. The smallest absolute Gasteiger partial charge is 0.217 e. The molecule has 18 heavy (non-hydrogen) atoms. The van der Waals surface area contributed by atoms with Crippen LogP contribution in [0.3, 0.4) is 0 Å². The van der Waals surface area contributed by atoms with Crippen LogP contribution < -0.4 is 9.47 Å². The molecule has 0 aliphatic carbocycles. The van der Waals surface area contributed by atoms with E-state index < -0.39 is 6.29 Å². The van der Waals surface area contributed by atoms with Crippen LogP contribution in [0.4, 0.5) is 0 Å². The lowest BCUT2D eigenvalue weighted by atomic mass is 10.0. The van der Waals surface area contributed by atoms with Crippen molar-refractivity contribution >= 4 is 6.08 Å². The Bertz CT molecular complexity index is 497. The van der Waals surface area contributed by atoms with Crippen LogP contribution in [0, 0.1) is 0 Å². The molecule has 3 heteroatoms. The fraction of sp³-hybridized carbons (Fsp3) is 0.333. The number of aliphatic hydroxyl groups is 1. The largest absolute Gasteiger partial charge is 0.496 e. The molecule has 1 unspecified atom stereocenters. The third kappa shape index (κ3) is 2.57. The average molecular weight is 246 g/mol. The Morgan fingerprint density at radius 3 is 2.89 bits per heavy atom. The standard InChI is InChI=1S/C15H18O3/c1-10(2)4-7-12-13(17-3)8-5-11-6-9-14(16)18-15(11)12/h4-6,8-9,14,16H,7H2,1-3H3. The third-order valence-electron chi connectivity index (χ3n) is 2.86. The zero-order valence-electron chi connectivity index (χ0n) is 10.9. The molecule has 0 bridgehead atoms. The molecule has 0 fully saturated rings. The molecular formula is C15H18O3. The van der Waals surface area contributed by atoms with Crippen molar-refractivity contribution in [2.24, 2.45) is 0 Å². The van der Waals surface area contributed by atoms with Crippen molar-refractivity contribution in [2.45, 2.75) is 26.6 Å². The number of hydrogen-bond donors (Lipinski definition) is 1. The number of methoxy groups -OCH3 is 1. The molecule has 1 aromatic carbocycles. The maximum Gasteiger partial charge on any atom is 0.217 e. The van der Waals surface area contributed by atoms with Gasteiger partial charge in [0.15, 0.2) is 0 Å². The third-order valence-corrected chi connectivity index (χ3v) is 2.86. The highest BCUT2D eigenvalue weighted by Crippen LogP contribution is 2.36. The van der Waals surface area contributed by atoms with Gasteiger partial charge in [-0.3, -0.25) is 0 Å². The summed E-state index contributed by atoms with van der Waals surface area (Å²) in [5.41, 5.74) is 3.18. The molecule has 96 valence electrons. The predicted molar refractivity (Wildman–Crippen MR) is 71.8 cm³/mol. The summed E-state index contributed by atoms with van der Waals surface area (Å²) in [5.74, 6) is 1.50. The lowest BCUT2D eigenvalue weighted by molar-refractivity contribution is 0.0222. The monoisotopic (exact) mass is 246 g/mol. The molecule has 0 amide bonds. The van der Waals surface area contributed by atoms with Crippen LogP contribution in [0.5, 0.6) is 11.5 Å². The second-order valence-electron chi connectivity index (χ2n) is 4.52. The highest BCUT2D eigenvalue weighted by Gasteiger charge is 2.18. The van der Waals surface area contributed by atoms with Gasteiger partial charge >= 0.3 is 0 Å². The van der Waals surface area contributed by atoms with Crippen LogP contribution in [0.15, 0.2) is 29.9 Å². The Hall–Kier alpha value is -1.74. The molecule has 1 N–H and O–H groups in total. The van der Waals surface area contributed by atoms with E-state index in [2.05, 4.69) is 19.9 Å². The highest BCUT2D eigenvalue weighted by molar-refractivity contribution is 5.65.